The second-order valence-corrected chi connectivity index (χ2v) is 40.7. The summed E-state index contributed by atoms with van der Waals surface area (Å²) in [5.74, 6) is 1.05. The molecule has 81 heavy (non-hydrogen) atoms. The second kappa shape index (κ2) is 28.4. The predicted octanol–water partition coefficient (Wildman–Crippen LogP) is 27.3. The van der Waals surface area contributed by atoms with Crippen molar-refractivity contribution in [3.05, 3.63) is 106 Å². The zero-order valence-corrected chi connectivity index (χ0v) is 62.4. The molecule has 0 aliphatic rings. The van der Waals surface area contributed by atoms with Gasteiger partial charge in [-0.1, -0.05) is 342 Å². The van der Waals surface area contributed by atoms with Gasteiger partial charge < -0.3 is 0 Å². The largest absolute Gasteiger partial charge is 0.0649 e. The lowest BCUT2D eigenvalue weighted by Gasteiger charge is -2.45. The van der Waals surface area contributed by atoms with E-state index in [1.807, 2.05) is 0 Å². The van der Waals surface area contributed by atoms with Gasteiger partial charge in [-0.05, 0) is 166 Å². The Morgan fingerprint density at radius 2 is 0.457 bits per heavy atom. The van der Waals surface area contributed by atoms with Gasteiger partial charge in [0.2, 0.25) is 0 Å². The summed E-state index contributed by atoms with van der Waals surface area (Å²) in [5, 5.41) is 0. The molecule has 0 aliphatic carbocycles. The summed E-state index contributed by atoms with van der Waals surface area (Å²) in [7, 11) is 0. The molecule has 0 aromatic heterocycles. The first-order valence-corrected chi connectivity index (χ1v) is 32.7. The average Bonchev–Trinajstić information content (AvgIpc) is 3.15. The summed E-state index contributed by atoms with van der Waals surface area (Å²) < 4.78 is 0. The Bertz CT molecular complexity index is 1970. The van der Waals surface area contributed by atoms with Gasteiger partial charge in [0, 0.05) is 5.92 Å². The van der Waals surface area contributed by atoms with E-state index in [9.17, 15) is 0 Å². The molecule has 0 nitrogen and oxygen atoms in total. The van der Waals surface area contributed by atoms with Gasteiger partial charge in [0.1, 0.15) is 0 Å². The van der Waals surface area contributed by atoms with Crippen LogP contribution >= 0.6 is 0 Å². The molecule has 3 aromatic rings. The third kappa shape index (κ3) is 35.0. The lowest BCUT2D eigenvalue weighted by molar-refractivity contribution is 0.0542. The van der Waals surface area contributed by atoms with E-state index in [0.717, 1.165) is 5.92 Å². The van der Waals surface area contributed by atoms with Gasteiger partial charge in [-0.2, -0.15) is 0 Å². The lowest BCUT2D eigenvalue weighted by atomic mass is 9.60. The fraction of sp³-hybridized carbons (Fsp3) is 0.778. The molecule has 3 aromatic carbocycles. The monoisotopic (exact) mass is 1120 g/mol. The van der Waals surface area contributed by atoms with E-state index in [1.54, 1.807) is 0 Å². The molecule has 0 unspecified atom stereocenters. The van der Waals surface area contributed by atoms with Crippen LogP contribution in [0.3, 0.4) is 0 Å². The van der Waals surface area contributed by atoms with Crippen LogP contribution < -0.4 is 0 Å². The van der Waals surface area contributed by atoms with Crippen molar-refractivity contribution in [3.8, 4) is 0 Å². The van der Waals surface area contributed by atoms with Gasteiger partial charge in [-0.3, -0.25) is 0 Å². The minimum atomic E-state index is 0.163. The number of benzene rings is 3. The zero-order chi connectivity index (χ0) is 64.5. The van der Waals surface area contributed by atoms with Crippen LogP contribution in [0.15, 0.2) is 72.8 Å². The summed E-state index contributed by atoms with van der Waals surface area (Å²) in [6.45, 7) is 89.5. The van der Waals surface area contributed by atoms with Crippen molar-refractivity contribution in [1.29, 1.82) is 0 Å². The molecular formula is C81H146. The fourth-order valence-corrected chi connectivity index (χ4v) is 14.2. The Hall–Kier alpha value is -2.34. The van der Waals surface area contributed by atoms with Crippen molar-refractivity contribution < 1.29 is 0 Å². The smallest absolute Gasteiger partial charge is 0.0339 e. The molecule has 0 bridgehead atoms. The maximum absolute atomic E-state index is 2.49. The molecule has 0 heterocycles. The van der Waals surface area contributed by atoms with Crippen LogP contribution in [0.25, 0.3) is 0 Å². The summed E-state index contributed by atoms with van der Waals surface area (Å²) in [4.78, 5) is 0. The van der Waals surface area contributed by atoms with Gasteiger partial charge in [0.25, 0.3) is 0 Å². The summed E-state index contributed by atoms with van der Waals surface area (Å²) >= 11 is 0. The summed E-state index contributed by atoms with van der Waals surface area (Å²) in [6, 6.07) is 27.7. The van der Waals surface area contributed by atoms with Crippen molar-refractivity contribution in [2.45, 2.75) is 343 Å². The van der Waals surface area contributed by atoms with Crippen LogP contribution in [0.1, 0.15) is 360 Å². The Balaban J connectivity index is 0.00000111. The van der Waals surface area contributed by atoms with Gasteiger partial charge >= 0.3 is 0 Å². The molecule has 0 saturated carbocycles. The van der Waals surface area contributed by atoms with Gasteiger partial charge in [0.15, 0.2) is 0 Å². The molecule has 0 aliphatic heterocycles. The van der Waals surface area contributed by atoms with Crippen molar-refractivity contribution in [2.24, 2.45) is 65.5 Å². The molecule has 0 fully saturated rings. The first-order valence-electron chi connectivity index (χ1n) is 32.7. The Morgan fingerprint density at radius 3 is 0.593 bits per heavy atom. The van der Waals surface area contributed by atoms with E-state index < -0.39 is 0 Å². The average molecular weight is 1120 g/mol. The van der Waals surface area contributed by atoms with Gasteiger partial charge in [0.05, 0.1) is 0 Å². The van der Waals surface area contributed by atoms with E-state index in [2.05, 4.69) is 336 Å². The van der Waals surface area contributed by atoms with E-state index >= 15 is 0 Å². The topological polar surface area (TPSA) is 0 Å². The van der Waals surface area contributed by atoms with Crippen LogP contribution in [0.4, 0.5) is 0 Å². The molecule has 0 saturated heterocycles. The van der Waals surface area contributed by atoms with Crippen LogP contribution in [0.2, 0.25) is 0 Å². The molecule has 0 heteroatoms. The Kier molecular flexibility index (Phi) is 27.6. The van der Waals surface area contributed by atoms with Crippen molar-refractivity contribution >= 4 is 0 Å². The third-order valence-electron chi connectivity index (χ3n) is 15.6. The van der Waals surface area contributed by atoms with Crippen LogP contribution in [0.5, 0.6) is 0 Å². The van der Waals surface area contributed by atoms with Crippen LogP contribution in [0, 0.1) is 65.5 Å². The third-order valence-corrected chi connectivity index (χ3v) is 15.6. The standard InChI is InChI=1S/C31H40.C18H38.C17H36.C15H32/c1-29(2,3)25-16-10-22(11-17-25)28(23-12-18-26(19-13-23)30(4,5)6)24-14-20-27(21-15-24)31(7,8)9;1-11-18(12-15(2,3)4,13-16(5,6)7)14-17(8,9)10;1-14(2,3)11-17(10,12-15(4,5)6)13-16(7,8)9;1-13(2,3)10-12(15(7,8)9)11-14(4,5)6/h10-21,28H,1-9H3;11-14H2,1-10H3;11-13H2,1-10H3;12H,10-11H2,1-9H3. The van der Waals surface area contributed by atoms with Gasteiger partial charge in [-0.15, -0.1) is 0 Å². The summed E-state index contributed by atoms with van der Waals surface area (Å²) in [6.07, 6.45) is 11.9. The summed E-state index contributed by atoms with van der Waals surface area (Å²) in [5.41, 5.74) is 13.5. The zero-order valence-electron chi connectivity index (χ0n) is 62.4. The van der Waals surface area contributed by atoms with E-state index in [0.29, 0.717) is 59.6 Å². The highest BCUT2D eigenvalue weighted by atomic mass is 14.5. The van der Waals surface area contributed by atoms with Crippen molar-refractivity contribution in [1.82, 2.24) is 0 Å². The van der Waals surface area contributed by atoms with Crippen molar-refractivity contribution in [2.75, 3.05) is 0 Å². The minimum Gasteiger partial charge on any atom is -0.0649 e. The van der Waals surface area contributed by atoms with Crippen LogP contribution in [-0.2, 0) is 16.2 Å². The molecule has 0 atom stereocenters. The van der Waals surface area contributed by atoms with Crippen LogP contribution in [-0.4, -0.2) is 0 Å². The Morgan fingerprint density at radius 1 is 0.259 bits per heavy atom. The number of hydrogen-bond donors (Lipinski definition) is 0. The molecule has 0 spiro atoms. The predicted molar refractivity (Wildman–Crippen MR) is 373 cm³/mol. The first kappa shape index (κ1) is 78.7. The highest BCUT2D eigenvalue weighted by Gasteiger charge is 2.40. The van der Waals surface area contributed by atoms with Gasteiger partial charge in [-0.25, -0.2) is 0 Å². The highest BCUT2D eigenvalue weighted by Crippen LogP contribution is 2.52. The molecule has 0 radical (unpaired) electrons. The van der Waals surface area contributed by atoms with E-state index in [-0.39, 0.29) is 22.2 Å². The molecule has 0 N–H and O–H groups in total. The SMILES string of the molecule is CC(C)(C)CC(C)(CC(C)(C)C)CC(C)(C)C.CC(C)(C)CC(CC(C)(C)C)C(C)(C)C.CC(C)(C)c1ccc(C(c2ccc(C(C)(C)C)cc2)c2ccc(C(C)(C)C)cc2)cc1.CCC(CC(C)(C)C)(CC(C)(C)C)CC(C)(C)C. The quantitative estimate of drug-likeness (QED) is 0.159. The lowest BCUT2D eigenvalue weighted by Crippen LogP contribution is -2.34. The molecular weight excluding hydrogens is 973 g/mol. The van der Waals surface area contributed by atoms with E-state index in [1.165, 1.54) is 91.2 Å². The normalized spacial score (nSPS) is 14.2. The second-order valence-electron chi connectivity index (χ2n) is 40.7. The minimum absolute atomic E-state index is 0.163. The fourth-order valence-electron chi connectivity index (χ4n) is 14.2. The van der Waals surface area contributed by atoms with E-state index in [4.69, 9.17) is 0 Å². The molecule has 3 rings (SSSR count). The van der Waals surface area contributed by atoms with Crippen molar-refractivity contribution in [3.63, 3.8) is 0 Å². The number of hydrogen-bond acceptors (Lipinski definition) is 0. The highest BCUT2D eigenvalue weighted by molar-refractivity contribution is 5.46. The maximum Gasteiger partial charge on any atom is 0.0339 e. The first-order chi connectivity index (χ1) is 35.4. The molecule has 470 valence electrons. The maximum atomic E-state index is 2.49. The number of rotatable bonds is 12. The Labute approximate surface area is 512 Å². The molecule has 0 amide bonds.